The van der Waals surface area contributed by atoms with Gasteiger partial charge in [0.15, 0.2) is 16.7 Å². The highest BCUT2D eigenvalue weighted by atomic mass is 32.1. The minimum Gasteiger partial charge on any atom is -0.483 e. The highest BCUT2D eigenvalue weighted by Crippen LogP contribution is 2.48. The van der Waals surface area contributed by atoms with Gasteiger partial charge in [0.05, 0.1) is 23.6 Å². The van der Waals surface area contributed by atoms with E-state index >= 15 is 0 Å². The van der Waals surface area contributed by atoms with E-state index in [1.807, 2.05) is 0 Å². The van der Waals surface area contributed by atoms with Gasteiger partial charge in [-0.05, 0) is 30.5 Å². The number of benzene rings is 1. The van der Waals surface area contributed by atoms with E-state index in [9.17, 15) is 14.0 Å². The van der Waals surface area contributed by atoms with Gasteiger partial charge in [-0.25, -0.2) is 9.37 Å². The highest BCUT2D eigenvalue weighted by molar-refractivity contribution is 7.13. The van der Waals surface area contributed by atoms with Crippen LogP contribution < -0.4 is 4.90 Å². The number of Topliss-reactive ketones (excluding diaryl/α,β-unsaturated/α-hetero) is 1. The van der Waals surface area contributed by atoms with Gasteiger partial charge in [-0.3, -0.25) is 14.5 Å². The van der Waals surface area contributed by atoms with E-state index in [4.69, 9.17) is 9.47 Å². The molecule has 1 saturated carbocycles. The molecule has 1 amide bonds. The lowest BCUT2D eigenvalue weighted by atomic mass is 9.76. The zero-order chi connectivity index (χ0) is 20.1. The first-order valence-electron chi connectivity index (χ1n) is 9.55. The lowest BCUT2D eigenvalue weighted by Gasteiger charge is -2.38. The maximum atomic E-state index is 14.0. The average Bonchev–Trinajstić information content (AvgIpc) is 3.34. The Morgan fingerprint density at radius 1 is 1.31 bits per heavy atom. The van der Waals surface area contributed by atoms with Gasteiger partial charge in [0.25, 0.3) is 5.91 Å². The highest BCUT2D eigenvalue weighted by Gasteiger charge is 2.53. The Bertz CT molecular complexity index is 1010. The first kappa shape index (κ1) is 18.4. The van der Waals surface area contributed by atoms with Crippen molar-refractivity contribution >= 4 is 28.2 Å². The molecule has 6 nitrogen and oxygen atoms in total. The number of fused-ring (bicyclic) bond motifs is 1. The van der Waals surface area contributed by atoms with Gasteiger partial charge in [-0.15, -0.1) is 11.3 Å². The molecule has 4 atom stereocenters. The summed E-state index contributed by atoms with van der Waals surface area (Å²) >= 11 is 1.29. The Kier molecular flexibility index (Phi) is 4.48. The summed E-state index contributed by atoms with van der Waals surface area (Å²) in [5, 5.41) is 2.21. The number of ketones is 1. The van der Waals surface area contributed by atoms with E-state index in [0.29, 0.717) is 29.1 Å². The Morgan fingerprint density at radius 2 is 2.17 bits per heavy atom. The summed E-state index contributed by atoms with van der Waals surface area (Å²) in [6.45, 7) is 0. The number of thiazole rings is 1. The van der Waals surface area contributed by atoms with Crippen molar-refractivity contribution in [2.45, 2.75) is 37.5 Å². The van der Waals surface area contributed by atoms with E-state index in [1.54, 1.807) is 30.8 Å². The van der Waals surface area contributed by atoms with Gasteiger partial charge >= 0.3 is 0 Å². The van der Waals surface area contributed by atoms with Crippen molar-refractivity contribution in [3.63, 3.8) is 0 Å². The van der Waals surface area contributed by atoms with E-state index < -0.39 is 17.8 Å². The molecule has 29 heavy (non-hydrogen) atoms. The number of hydrogen-bond acceptors (Lipinski definition) is 6. The Balaban J connectivity index is 1.62. The van der Waals surface area contributed by atoms with Crippen molar-refractivity contribution in [2.24, 2.45) is 5.92 Å². The molecule has 4 unspecified atom stereocenters. The standard InChI is InChI=1S/C21H19FN2O4S/c1-27-13-5-6-14-15(10-13)28-19-16(18(14)25)17(11-3-2-4-12(22)9-11)24(20(19)26)21-23-7-8-29-21/h2-4,7-9,13-15,17H,5-6,10H2,1H3. The van der Waals surface area contributed by atoms with Crippen LogP contribution in [0.25, 0.3) is 0 Å². The van der Waals surface area contributed by atoms with E-state index in [1.165, 1.54) is 28.4 Å². The molecular weight excluding hydrogens is 395 g/mol. The van der Waals surface area contributed by atoms with Crippen molar-refractivity contribution in [1.82, 2.24) is 4.98 Å². The molecule has 1 aromatic heterocycles. The molecule has 0 bridgehead atoms. The predicted molar refractivity (Wildman–Crippen MR) is 104 cm³/mol. The molecule has 1 fully saturated rings. The number of aromatic nitrogens is 1. The monoisotopic (exact) mass is 414 g/mol. The molecule has 3 aliphatic rings. The minimum atomic E-state index is -0.743. The number of rotatable bonds is 3. The van der Waals surface area contributed by atoms with Gasteiger partial charge in [0, 0.05) is 25.1 Å². The van der Waals surface area contributed by atoms with Gasteiger partial charge in [-0.2, -0.15) is 0 Å². The predicted octanol–water partition coefficient (Wildman–Crippen LogP) is 3.41. The van der Waals surface area contributed by atoms with Crippen LogP contribution >= 0.6 is 11.3 Å². The normalized spacial score (nSPS) is 29.0. The third kappa shape index (κ3) is 2.89. The molecule has 0 radical (unpaired) electrons. The summed E-state index contributed by atoms with van der Waals surface area (Å²) in [5.74, 6) is -1.17. The van der Waals surface area contributed by atoms with Crippen LogP contribution in [0.4, 0.5) is 9.52 Å². The van der Waals surface area contributed by atoms with E-state index in [2.05, 4.69) is 4.98 Å². The number of anilines is 1. The topological polar surface area (TPSA) is 68.7 Å². The zero-order valence-corrected chi connectivity index (χ0v) is 16.5. The lowest BCUT2D eigenvalue weighted by Crippen LogP contribution is -2.43. The smallest absolute Gasteiger partial charge is 0.296 e. The second-order valence-electron chi connectivity index (χ2n) is 7.49. The summed E-state index contributed by atoms with van der Waals surface area (Å²) in [4.78, 5) is 32.5. The third-order valence-corrected chi connectivity index (χ3v) is 6.70. The molecule has 150 valence electrons. The number of hydrogen-bond donors (Lipinski definition) is 0. The summed E-state index contributed by atoms with van der Waals surface area (Å²) < 4.78 is 25.6. The van der Waals surface area contributed by atoms with Crippen LogP contribution in [-0.2, 0) is 19.1 Å². The quantitative estimate of drug-likeness (QED) is 0.770. The van der Waals surface area contributed by atoms with Crippen LogP contribution in [0.1, 0.15) is 30.9 Å². The maximum absolute atomic E-state index is 14.0. The summed E-state index contributed by atoms with van der Waals surface area (Å²) in [6, 6.07) is 5.25. The summed E-state index contributed by atoms with van der Waals surface area (Å²) in [7, 11) is 1.64. The molecule has 8 heteroatoms. The number of ether oxygens (including phenoxy) is 2. The van der Waals surface area contributed by atoms with Gasteiger partial charge in [-0.1, -0.05) is 12.1 Å². The first-order valence-corrected chi connectivity index (χ1v) is 10.4. The number of carbonyl (C=O) groups excluding carboxylic acids is 2. The number of nitrogens with zero attached hydrogens (tertiary/aromatic N) is 2. The number of methoxy groups -OCH3 is 1. The minimum absolute atomic E-state index is 0.0109. The fraction of sp³-hybridized carbons (Fsp3) is 0.381. The SMILES string of the molecule is COC1CCC2C(=O)C3=C(OC2C1)C(=O)N(c1nccs1)C3c1cccc(F)c1. The molecule has 3 heterocycles. The molecule has 1 aromatic carbocycles. The van der Waals surface area contributed by atoms with Crippen LogP contribution in [0.2, 0.25) is 0 Å². The van der Waals surface area contributed by atoms with Crippen LogP contribution in [-0.4, -0.2) is 36.0 Å². The van der Waals surface area contributed by atoms with Crippen molar-refractivity contribution in [2.75, 3.05) is 12.0 Å². The summed E-state index contributed by atoms with van der Waals surface area (Å²) in [6.07, 6.45) is 3.20. The molecule has 0 saturated heterocycles. The molecule has 5 rings (SSSR count). The second-order valence-corrected chi connectivity index (χ2v) is 8.36. The van der Waals surface area contributed by atoms with Gasteiger partial charge < -0.3 is 9.47 Å². The van der Waals surface area contributed by atoms with Crippen LogP contribution in [0, 0.1) is 11.7 Å². The number of halogens is 1. The first-order chi connectivity index (χ1) is 14.1. The fourth-order valence-electron chi connectivity index (χ4n) is 4.57. The van der Waals surface area contributed by atoms with Gasteiger partial charge in [0.1, 0.15) is 11.9 Å². The number of amides is 1. The second kappa shape index (κ2) is 7.03. The van der Waals surface area contributed by atoms with E-state index in [0.717, 1.165) is 6.42 Å². The fourth-order valence-corrected chi connectivity index (χ4v) is 5.24. The van der Waals surface area contributed by atoms with Crippen molar-refractivity contribution in [1.29, 1.82) is 0 Å². The van der Waals surface area contributed by atoms with E-state index in [-0.39, 0.29) is 29.7 Å². The summed E-state index contributed by atoms with van der Waals surface area (Å²) in [5.41, 5.74) is 0.840. The lowest BCUT2D eigenvalue weighted by molar-refractivity contribution is -0.135. The molecule has 2 aliphatic heterocycles. The van der Waals surface area contributed by atoms with Crippen LogP contribution in [0.3, 0.4) is 0 Å². The average molecular weight is 414 g/mol. The molecule has 0 spiro atoms. The molecule has 1 aliphatic carbocycles. The van der Waals surface area contributed by atoms with Crippen LogP contribution in [0.15, 0.2) is 47.2 Å². The third-order valence-electron chi connectivity index (χ3n) is 5.93. The van der Waals surface area contributed by atoms with Gasteiger partial charge in [0.2, 0.25) is 0 Å². The molecular formula is C21H19FN2O4S. The number of carbonyl (C=O) groups is 2. The zero-order valence-electron chi connectivity index (χ0n) is 15.7. The van der Waals surface area contributed by atoms with Crippen molar-refractivity contribution in [3.8, 4) is 0 Å². The van der Waals surface area contributed by atoms with Crippen molar-refractivity contribution < 1.29 is 23.5 Å². The molecule has 0 N–H and O–H groups in total. The van der Waals surface area contributed by atoms with Crippen LogP contribution in [0.5, 0.6) is 0 Å². The Labute approximate surface area is 170 Å². The Morgan fingerprint density at radius 3 is 2.90 bits per heavy atom. The molecule has 2 aromatic rings. The maximum Gasteiger partial charge on any atom is 0.296 e. The largest absolute Gasteiger partial charge is 0.483 e. The Hall–Kier alpha value is -2.58. The van der Waals surface area contributed by atoms with Crippen molar-refractivity contribution in [3.05, 3.63) is 58.6 Å².